The van der Waals surface area contributed by atoms with Gasteiger partial charge in [0.1, 0.15) is 11.5 Å². The van der Waals surface area contributed by atoms with Gasteiger partial charge in [0.25, 0.3) is 10.0 Å². The molecule has 1 fully saturated rings. The van der Waals surface area contributed by atoms with Crippen LogP contribution in [0.1, 0.15) is 41.8 Å². The Morgan fingerprint density at radius 1 is 1.31 bits per heavy atom. The van der Waals surface area contributed by atoms with E-state index >= 15 is 0 Å². The van der Waals surface area contributed by atoms with Crippen LogP contribution < -0.4 is 5.32 Å². The molecule has 1 aliphatic heterocycles. The molecule has 158 valence electrons. The number of aryl methyl sites for hydroxylation is 1. The van der Waals surface area contributed by atoms with Crippen molar-refractivity contribution in [2.24, 2.45) is 5.92 Å². The second-order valence-corrected chi connectivity index (χ2v) is 8.53. The average Bonchev–Trinajstić information content (AvgIpc) is 3.36. The minimum atomic E-state index is -3.89. The molecule has 0 aliphatic carbocycles. The van der Waals surface area contributed by atoms with E-state index in [-0.39, 0.29) is 48.9 Å². The summed E-state index contributed by atoms with van der Waals surface area (Å²) < 4.78 is 41.7. The Balaban J connectivity index is 1.55. The fraction of sp³-hybridized carbons (Fsp3) is 0.500. The molecular formula is C18H23N3O7S. The topological polar surface area (TPSA) is 132 Å². The zero-order chi connectivity index (χ0) is 21.0. The van der Waals surface area contributed by atoms with Crippen LogP contribution in [0.3, 0.4) is 0 Å². The number of carbonyl (C=O) groups is 2. The van der Waals surface area contributed by atoms with Crippen molar-refractivity contribution in [1.29, 1.82) is 0 Å². The lowest BCUT2D eigenvalue weighted by atomic mass is 9.97. The Hall–Kier alpha value is -2.66. The Morgan fingerprint density at radius 3 is 2.66 bits per heavy atom. The Kier molecular flexibility index (Phi) is 6.38. The molecule has 3 rings (SSSR count). The normalized spacial score (nSPS) is 15.9. The first kappa shape index (κ1) is 21.1. The monoisotopic (exact) mass is 425 g/mol. The number of aromatic nitrogens is 1. The summed E-state index contributed by atoms with van der Waals surface area (Å²) in [5, 5.41) is 6.30. The molecule has 0 aromatic carbocycles. The van der Waals surface area contributed by atoms with Gasteiger partial charge in [-0.2, -0.15) is 4.31 Å². The van der Waals surface area contributed by atoms with E-state index in [1.807, 2.05) is 0 Å². The number of piperidine rings is 1. The number of rotatable bonds is 7. The first-order valence-electron chi connectivity index (χ1n) is 9.28. The van der Waals surface area contributed by atoms with Gasteiger partial charge < -0.3 is 19.0 Å². The number of nitrogens with one attached hydrogen (secondary N) is 1. The number of nitrogens with zero attached hydrogens (tertiary/aromatic N) is 2. The van der Waals surface area contributed by atoms with Crippen LogP contribution in [0.5, 0.6) is 0 Å². The largest absolute Gasteiger partial charge is 0.460 e. The van der Waals surface area contributed by atoms with Gasteiger partial charge in [0.05, 0.1) is 13.2 Å². The van der Waals surface area contributed by atoms with Gasteiger partial charge in [0.15, 0.2) is 0 Å². The molecule has 1 amide bonds. The van der Waals surface area contributed by atoms with Crippen molar-refractivity contribution in [2.75, 3.05) is 19.7 Å². The highest BCUT2D eigenvalue weighted by atomic mass is 32.2. The van der Waals surface area contributed by atoms with E-state index < -0.39 is 16.0 Å². The molecule has 2 aromatic rings. The van der Waals surface area contributed by atoms with Gasteiger partial charge in [0, 0.05) is 25.1 Å². The summed E-state index contributed by atoms with van der Waals surface area (Å²) in [5.74, 6) is -0.655. The fourth-order valence-electron chi connectivity index (χ4n) is 3.08. The highest BCUT2D eigenvalue weighted by Crippen LogP contribution is 2.25. The van der Waals surface area contributed by atoms with E-state index in [0.717, 1.165) is 0 Å². The molecule has 11 heteroatoms. The van der Waals surface area contributed by atoms with Gasteiger partial charge in [-0.15, -0.1) is 0 Å². The Bertz CT molecular complexity index is 971. The number of carbonyl (C=O) groups excluding carboxylic acids is 2. The Labute approximate surface area is 168 Å². The van der Waals surface area contributed by atoms with E-state index in [1.54, 1.807) is 19.9 Å². The summed E-state index contributed by atoms with van der Waals surface area (Å²) in [6.07, 6.45) is 0.767. The summed E-state index contributed by atoms with van der Waals surface area (Å²) in [6.45, 7) is 4.19. The van der Waals surface area contributed by atoms with Crippen molar-refractivity contribution in [3.05, 3.63) is 35.4 Å². The van der Waals surface area contributed by atoms with E-state index in [9.17, 15) is 18.0 Å². The SMILES string of the molecule is CCOC(=O)c1ccc(S(=O)(=O)N2CCC(C(=O)NCc3cc(C)on3)CC2)o1. The zero-order valence-electron chi connectivity index (χ0n) is 16.2. The van der Waals surface area contributed by atoms with Crippen LogP contribution in [0, 0.1) is 12.8 Å². The third-order valence-electron chi connectivity index (χ3n) is 4.60. The summed E-state index contributed by atoms with van der Waals surface area (Å²) in [5.41, 5.74) is 0.631. The van der Waals surface area contributed by atoms with Crippen molar-refractivity contribution in [1.82, 2.24) is 14.8 Å². The first-order valence-corrected chi connectivity index (χ1v) is 10.7. The molecule has 10 nitrogen and oxygen atoms in total. The molecule has 0 atom stereocenters. The lowest BCUT2D eigenvalue weighted by molar-refractivity contribution is -0.126. The van der Waals surface area contributed by atoms with Crippen molar-refractivity contribution >= 4 is 21.9 Å². The Morgan fingerprint density at radius 2 is 2.03 bits per heavy atom. The van der Waals surface area contributed by atoms with Crippen LogP contribution in [-0.2, 0) is 26.1 Å². The average molecular weight is 425 g/mol. The van der Waals surface area contributed by atoms with Gasteiger partial charge >= 0.3 is 5.97 Å². The van der Waals surface area contributed by atoms with Crippen molar-refractivity contribution < 1.29 is 31.7 Å². The van der Waals surface area contributed by atoms with E-state index in [1.165, 1.54) is 16.4 Å². The van der Waals surface area contributed by atoms with Gasteiger partial charge in [-0.05, 0) is 38.8 Å². The predicted molar refractivity (Wildman–Crippen MR) is 99.2 cm³/mol. The summed E-state index contributed by atoms with van der Waals surface area (Å²) >= 11 is 0. The second kappa shape index (κ2) is 8.78. The quantitative estimate of drug-likeness (QED) is 0.660. The predicted octanol–water partition coefficient (Wildman–Crippen LogP) is 1.47. The number of furan rings is 1. The maximum Gasteiger partial charge on any atom is 0.374 e. The molecule has 1 N–H and O–H groups in total. The molecule has 0 spiro atoms. The number of amides is 1. The van der Waals surface area contributed by atoms with Crippen LogP contribution in [0.15, 0.2) is 32.2 Å². The zero-order valence-corrected chi connectivity index (χ0v) is 17.0. The highest BCUT2D eigenvalue weighted by Gasteiger charge is 2.34. The van der Waals surface area contributed by atoms with Gasteiger partial charge in [-0.1, -0.05) is 5.16 Å². The van der Waals surface area contributed by atoms with E-state index in [0.29, 0.717) is 24.3 Å². The molecule has 29 heavy (non-hydrogen) atoms. The van der Waals surface area contributed by atoms with Crippen LogP contribution in [0.25, 0.3) is 0 Å². The summed E-state index contributed by atoms with van der Waals surface area (Å²) in [6, 6.07) is 4.25. The molecule has 0 saturated carbocycles. The lowest BCUT2D eigenvalue weighted by Gasteiger charge is -2.29. The fourth-order valence-corrected chi connectivity index (χ4v) is 4.46. The molecule has 0 radical (unpaired) electrons. The minimum Gasteiger partial charge on any atom is -0.460 e. The summed E-state index contributed by atoms with van der Waals surface area (Å²) in [7, 11) is -3.89. The molecule has 0 bridgehead atoms. The van der Waals surface area contributed by atoms with Crippen LogP contribution in [0.4, 0.5) is 0 Å². The molecule has 1 aliphatic rings. The maximum absolute atomic E-state index is 12.7. The van der Waals surface area contributed by atoms with Crippen molar-refractivity contribution in [3.63, 3.8) is 0 Å². The third kappa shape index (κ3) is 4.85. The number of esters is 1. The van der Waals surface area contributed by atoms with Crippen LogP contribution in [0.2, 0.25) is 0 Å². The smallest absolute Gasteiger partial charge is 0.374 e. The lowest BCUT2D eigenvalue weighted by Crippen LogP contribution is -2.42. The molecule has 3 heterocycles. The van der Waals surface area contributed by atoms with Gasteiger partial charge in [-0.25, -0.2) is 13.2 Å². The van der Waals surface area contributed by atoms with E-state index in [2.05, 4.69) is 10.5 Å². The molecule has 0 unspecified atom stereocenters. The molecule has 1 saturated heterocycles. The first-order chi connectivity index (χ1) is 13.8. The third-order valence-corrected chi connectivity index (χ3v) is 6.37. The van der Waals surface area contributed by atoms with Crippen molar-refractivity contribution in [3.8, 4) is 0 Å². The molecule has 2 aromatic heterocycles. The van der Waals surface area contributed by atoms with Gasteiger partial charge in [0.2, 0.25) is 16.8 Å². The number of hydrogen-bond acceptors (Lipinski definition) is 8. The summed E-state index contributed by atoms with van der Waals surface area (Å²) in [4.78, 5) is 24.0. The van der Waals surface area contributed by atoms with Crippen LogP contribution in [-0.4, -0.2) is 49.5 Å². The number of ether oxygens (including phenoxy) is 1. The minimum absolute atomic E-state index is 0.148. The van der Waals surface area contributed by atoms with Crippen LogP contribution >= 0.6 is 0 Å². The number of hydrogen-bond donors (Lipinski definition) is 1. The maximum atomic E-state index is 12.7. The number of sulfonamides is 1. The van der Waals surface area contributed by atoms with Crippen molar-refractivity contribution in [2.45, 2.75) is 38.3 Å². The molecular weight excluding hydrogens is 402 g/mol. The highest BCUT2D eigenvalue weighted by molar-refractivity contribution is 7.89. The van der Waals surface area contributed by atoms with Gasteiger partial charge in [-0.3, -0.25) is 4.79 Å². The standard InChI is InChI=1S/C18H23N3O7S/c1-3-26-18(23)15-4-5-16(27-15)29(24,25)21-8-6-13(7-9-21)17(22)19-11-14-10-12(2)28-20-14/h4-5,10,13H,3,6-9,11H2,1-2H3,(H,19,22). The second-order valence-electron chi connectivity index (χ2n) is 6.66. The van der Waals surface area contributed by atoms with E-state index in [4.69, 9.17) is 13.7 Å².